The molecule has 5 nitrogen and oxygen atoms in total. The topological polar surface area (TPSA) is 62.7 Å². The van der Waals surface area contributed by atoms with Gasteiger partial charge in [-0.1, -0.05) is 0 Å². The Morgan fingerprint density at radius 2 is 2.21 bits per heavy atom. The molecule has 2 rings (SSSR count). The van der Waals surface area contributed by atoms with E-state index in [1.807, 2.05) is 17.9 Å². The van der Waals surface area contributed by atoms with Crippen LogP contribution in [0, 0.1) is 6.92 Å². The molecule has 1 amide bonds. The number of ether oxygens (including phenoxy) is 1. The van der Waals surface area contributed by atoms with E-state index in [0.717, 1.165) is 18.4 Å². The fourth-order valence-electron chi connectivity index (χ4n) is 2.30. The van der Waals surface area contributed by atoms with Gasteiger partial charge in [-0.25, -0.2) is 0 Å². The van der Waals surface area contributed by atoms with E-state index < -0.39 is 0 Å². The van der Waals surface area contributed by atoms with E-state index in [9.17, 15) is 4.79 Å². The summed E-state index contributed by atoms with van der Waals surface area (Å²) in [6.07, 6.45) is 5.16. The largest absolute Gasteiger partial charge is 0.394 e. The Hall–Kier alpha value is -1.46. The maximum absolute atomic E-state index is 12.3. The van der Waals surface area contributed by atoms with Crippen molar-refractivity contribution in [1.82, 2.24) is 9.88 Å². The van der Waals surface area contributed by atoms with E-state index in [-0.39, 0.29) is 18.6 Å². The third-order valence-corrected chi connectivity index (χ3v) is 3.30. The molecule has 0 saturated carbocycles. The summed E-state index contributed by atoms with van der Waals surface area (Å²) in [7, 11) is 0. The molecule has 1 aromatic heterocycles. The van der Waals surface area contributed by atoms with Crippen LogP contribution in [0.3, 0.4) is 0 Å². The highest BCUT2D eigenvalue weighted by Gasteiger charge is 2.24. The van der Waals surface area contributed by atoms with Crippen molar-refractivity contribution in [1.29, 1.82) is 0 Å². The first-order chi connectivity index (χ1) is 9.20. The van der Waals surface area contributed by atoms with Gasteiger partial charge in [0.2, 0.25) is 0 Å². The molecule has 104 valence electrons. The number of carbonyl (C=O) groups is 1. The van der Waals surface area contributed by atoms with Crippen molar-refractivity contribution in [3.8, 4) is 0 Å². The fraction of sp³-hybridized carbons (Fsp3) is 0.571. The molecule has 0 aliphatic carbocycles. The van der Waals surface area contributed by atoms with Crippen molar-refractivity contribution in [3.05, 3.63) is 29.6 Å². The van der Waals surface area contributed by atoms with Crippen molar-refractivity contribution >= 4 is 5.91 Å². The summed E-state index contributed by atoms with van der Waals surface area (Å²) in [6.45, 7) is 3.75. The van der Waals surface area contributed by atoms with E-state index in [4.69, 9.17) is 9.84 Å². The summed E-state index contributed by atoms with van der Waals surface area (Å²) in [4.78, 5) is 18.2. The Balaban J connectivity index is 1.89. The minimum Gasteiger partial charge on any atom is -0.394 e. The number of aryl methyl sites for hydroxylation is 1. The standard InChI is InChI=1S/C14H20N2O3/c1-11-8-12(10-15-9-11)14(18)16-4-2-13(3-5-16)19-7-6-17/h8-10,13,17H,2-7H2,1H3. The summed E-state index contributed by atoms with van der Waals surface area (Å²) >= 11 is 0. The molecule has 1 fully saturated rings. The van der Waals surface area contributed by atoms with Gasteiger partial charge >= 0.3 is 0 Å². The molecule has 1 aliphatic rings. The van der Waals surface area contributed by atoms with Gasteiger partial charge in [0.15, 0.2) is 0 Å². The number of likely N-dealkylation sites (tertiary alicyclic amines) is 1. The van der Waals surface area contributed by atoms with Crippen LogP contribution in [0.1, 0.15) is 28.8 Å². The van der Waals surface area contributed by atoms with E-state index in [0.29, 0.717) is 25.3 Å². The predicted octanol–water partition coefficient (Wildman–Crippen LogP) is 1.00. The van der Waals surface area contributed by atoms with Crippen LogP contribution in [0.5, 0.6) is 0 Å². The lowest BCUT2D eigenvalue weighted by molar-refractivity contribution is -0.00555. The van der Waals surface area contributed by atoms with Crippen LogP contribution in [-0.4, -0.2) is 53.3 Å². The highest BCUT2D eigenvalue weighted by molar-refractivity contribution is 5.94. The zero-order chi connectivity index (χ0) is 13.7. The molecule has 1 aromatic rings. The first-order valence-electron chi connectivity index (χ1n) is 6.64. The summed E-state index contributed by atoms with van der Waals surface area (Å²) in [5, 5.41) is 8.72. The van der Waals surface area contributed by atoms with Crippen LogP contribution in [0.4, 0.5) is 0 Å². The predicted molar refractivity (Wildman–Crippen MR) is 70.9 cm³/mol. The number of amides is 1. The molecule has 0 radical (unpaired) electrons. The number of aliphatic hydroxyl groups is 1. The van der Waals surface area contributed by atoms with Gasteiger partial charge in [-0.05, 0) is 31.4 Å². The van der Waals surface area contributed by atoms with Gasteiger partial charge in [0.25, 0.3) is 5.91 Å². The molecule has 0 bridgehead atoms. The van der Waals surface area contributed by atoms with Crippen molar-refractivity contribution in [2.45, 2.75) is 25.9 Å². The van der Waals surface area contributed by atoms with E-state index in [1.165, 1.54) is 0 Å². The second kappa shape index (κ2) is 6.63. The van der Waals surface area contributed by atoms with Gasteiger partial charge < -0.3 is 14.7 Å². The molecule has 19 heavy (non-hydrogen) atoms. The second-order valence-electron chi connectivity index (χ2n) is 4.84. The molecule has 0 spiro atoms. The molecule has 5 heteroatoms. The fourth-order valence-corrected chi connectivity index (χ4v) is 2.30. The summed E-state index contributed by atoms with van der Waals surface area (Å²) in [6, 6.07) is 1.86. The molecule has 0 aromatic carbocycles. The van der Waals surface area contributed by atoms with E-state index in [1.54, 1.807) is 12.4 Å². The monoisotopic (exact) mass is 264 g/mol. The van der Waals surface area contributed by atoms with Crippen molar-refractivity contribution in [2.24, 2.45) is 0 Å². The zero-order valence-electron chi connectivity index (χ0n) is 11.2. The summed E-state index contributed by atoms with van der Waals surface area (Å²) in [5.41, 5.74) is 1.64. The molecule has 2 heterocycles. The molecule has 0 unspecified atom stereocenters. The van der Waals surface area contributed by atoms with Crippen LogP contribution in [0.2, 0.25) is 0 Å². The quantitative estimate of drug-likeness (QED) is 0.881. The van der Waals surface area contributed by atoms with Gasteiger partial charge in [-0.2, -0.15) is 0 Å². The van der Waals surface area contributed by atoms with Crippen molar-refractivity contribution < 1.29 is 14.6 Å². The van der Waals surface area contributed by atoms with Gasteiger partial charge in [0, 0.05) is 25.5 Å². The smallest absolute Gasteiger partial charge is 0.255 e. The Bertz CT molecular complexity index is 428. The van der Waals surface area contributed by atoms with Gasteiger partial charge in [-0.3, -0.25) is 9.78 Å². The maximum Gasteiger partial charge on any atom is 0.255 e. The van der Waals surface area contributed by atoms with Gasteiger partial charge in [-0.15, -0.1) is 0 Å². The summed E-state index contributed by atoms with van der Waals surface area (Å²) in [5.74, 6) is 0.0387. The average Bonchev–Trinajstić information content (AvgIpc) is 2.45. The number of aromatic nitrogens is 1. The lowest BCUT2D eigenvalue weighted by Gasteiger charge is -2.31. The van der Waals surface area contributed by atoms with Crippen LogP contribution >= 0.6 is 0 Å². The molecule has 1 N–H and O–H groups in total. The molecule has 1 aliphatic heterocycles. The normalized spacial score (nSPS) is 16.6. The first-order valence-corrected chi connectivity index (χ1v) is 6.64. The maximum atomic E-state index is 12.3. The number of nitrogens with zero attached hydrogens (tertiary/aromatic N) is 2. The van der Waals surface area contributed by atoms with Crippen LogP contribution in [0.25, 0.3) is 0 Å². The number of piperidine rings is 1. The number of rotatable bonds is 4. The molecule has 0 atom stereocenters. The minimum absolute atomic E-state index is 0.0387. The molecular formula is C14H20N2O3. The van der Waals surface area contributed by atoms with Gasteiger partial charge in [0.05, 0.1) is 24.9 Å². The Labute approximate surface area is 113 Å². The number of carbonyl (C=O) groups excluding carboxylic acids is 1. The second-order valence-corrected chi connectivity index (χ2v) is 4.84. The average molecular weight is 264 g/mol. The number of hydrogen-bond donors (Lipinski definition) is 1. The number of pyridine rings is 1. The Morgan fingerprint density at radius 3 is 2.84 bits per heavy atom. The lowest BCUT2D eigenvalue weighted by Crippen LogP contribution is -2.41. The molecule has 1 saturated heterocycles. The minimum atomic E-state index is 0.0387. The van der Waals surface area contributed by atoms with E-state index in [2.05, 4.69) is 4.98 Å². The van der Waals surface area contributed by atoms with Crippen LogP contribution < -0.4 is 0 Å². The van der Waals surface area contributed by atoms with Crippen molar-refractivity contribution in [3.63, 3.8) is 0 Å². The van der Waals surface area contributed by atoms with Gasteiger partial charge in [0.1, 0.15) is 0 Å². The SMILES string of the molecule is Cc1cncc(C(=O)N2CCC(OCCO)CC2)c1. The number of aliphatic hydroxyl groups excluding tert-OH is 1. The third-order valence-electron chi connectivity index (χ3n) is 3.30. The highest BCUT2D eigenvalue weighted by Crippen LogP contribution is 2.16. The summed E-state index contributed by atoms with van der Waals surface area (Å²) < 4.78 is 5.48. The lowest BCUT2D eigenvalue weighted by atomic mass is 10.1. The highest BCUT2D eigenvalue weighted by atomic mass is 16.5. The van der Waals surface area contributed by atoms with Crippen LogP contribution in [0.15, 0.2) is 18.5 Å². The van der Waals surface area contributed by atoms with E-state index >= 15 is 0 Å². The Kier molecular flexibility index (Phi) is 4.87. The Morgan fingerprint density at radius 1 is 1.47 bits per heavy atom. The third kappa shape index (κ3) is 3.75. The van der Waals surface area contributed by atoms with Crippen LogP contribution in [-0.2, 0) is 4.74 Å². The molecular weight excluding hydrogens is 244 g/mol. The zero-order valence-corrected chi connectivity index (χ0v) is 11.2. The van der Waals surface area contributed by atoms with Crippen molar-refractivity contribution in [2.75, 3.05) is 26.3 Å². The first kappa shape index (κ1) is 14.0. The number of hydrogen-bond acceptors (Lipinski definition) is 4.